The summed E-state index contributed by atoms with van der Waals surface area (Å²) in [6.45, 7) is 0.945. The van der Waals surface area contributed by atoms with Crippen molar-refractivity contribution in [2.24, 2.45) is 11.8 Å². The molecule has 0 bridgehead atoms. The van der Waals surface area contributed by atoms with E-state index in [1.807, 2.05) is 0 Å². The van der Waals surface area contributed by atoms with Gasteiger partial charge in [0.2, 0.25) is 18.2 Å². The molecule has 1 saturated carbocycles. The maximum atomic E-state index is 12.9. The zero-order valence-corrected chi connectivity index (χ0v) is 18.6. The highest BCUT2D eigenvalue weighted by Gasteiger charge is 2.32. The van der Waals surface area contributed by atoms with E-state index in [1.165, 1.54) is 7.11 Å². The fraction of sp³-hybridized carbons (Fsp3) is 0.565. The van der Waals surface area contributed by atoms with Crippen LogP contribution in [-0.4, -0.2) is 64.6 Å². The number of likely N-dealkylation sites (tertiary alicyclic amines) is 1. The second kappa shape index (κ2) is 10.3. The van der Waals surface area contributed by atoms with E-state index >= 15 is 0 Å². The molecule has 0 unspecified atom stereocenters. The average molecular weight is 462 g/mol. The van der Waals surface area contributed by atoms with Crippen LogP contribution in [-0.2, 0) is 4.79 Å². The van der Waals surface area contributed by atoms with E-state index in [4.69, 9.17) is 4.74 Å². The molecule has 178 valence electrons. The lowest BCUT2D eigenvalue weighted by molar-refractivity contribution is -0.127. The number of nitrogens with zero attached hydrogens (tertiary/aromatic N) is 3. The molecule has 1 aliphatic carbocycles. The van der Waals surface area contributed by atoms with Crippen LogP contribution in [0.4, 0.5) is 8.78 Å². The van der Waals surface area contributed by atoms with Gasteiger partial charge in [0.15, 0.2) is 5.69 Å². The number of H-pyrrole nitrogens is 1. The third-order valence-corrected chi connectivity index (χ3v) is 6.68. The first kappa shape index (κ1) is 23.1. The van der Waals surface area contributed by atoms with Gasteiger partial charge >= 0.3 is 0 Å². The molecule has 0 radical (unpaired) electrons. The van der Waals surface area contributed by atoms with Gasteiger partial charge in [-0.1, -0.05) is 0 Å². The summed E-state index contributed by atoms with van der Waals surface area (Å²) in [6, 6.07) is 5.23. The molecule has 2 aromatic heterocycles. The molecule has 8 nitrogen and oxygen atoms in total. The van der Waals surface area contributed by atoms with Crippen molar-refractivity contribution >= 4 is 11.8 Å². The maximum absolute atomic E-state index is 12.9. The fourth-order valence-corrected chi connectivity index (χ4v) is 4.61. The van der Waals surface area contributed by atoms with E-state index in [-0.39, 0.29) is 23.8 Å². The van der Waals surface area contributed by atoms with Crippen LogP contribution in [0.25, 0.3) is 11.3 Å². The smallest absolute Gasteiger partial charge is 0.274 e. The van der Waals surface area contributed by atoms with E-state index in [0.29, 0.717) is 68.9 Å². The van der Waals surface area contributed by atoms with Crippen molar-refractivity contribution in [3.05, 3.63) is 30.1 Å². The number of nitrogens with one attached hydrogen (secondary N) is 2. The van der Waals surface area contributed by atoms with Gasteiger partial charge in [0.25, 0.3) is 5.91 Å². The zero-order valence-electron chi connectivity index (χ0n) is 18.6. The summed E-state index contributed by atoms with van der Waals surface area (Å²) in [4.78, 5) is 31.3. The normalized spacial score (nSPS) is 21.8. The molecule has 4 rings (SSSR count). The van der Waals surface area contributed by atoms with E-state index in [9.17, 15) is 18.4 Å². The first-order valence-corrected chi connectivity index (χ1v) is 11.4. The molecule has 0 aromatic carbocycles. The van der Waals surface area contributed by atoms with Crippen molar-refractivity contribution in [3.63, 3.8) is 0 Å². The molecule has 33 heavy (non-hydrogen) atoms. The summed E-state index contributed by atoms with van der Waals surface area (Å²) in [5.41, 5.74) is 1.82. The van der Waals surface area contributed by atoms with Crippen molar-refractivity contribution < 1.29 is 23.1 Å². The number of rotatable bonds is 6. The van der Waals surface area contributed by atoms with Crippen LogP contribution in [0.1, 0.15) is 49.0 Å². The van der Waals surface area contributed by atoms with E-state index in [0.717, 1.165) is 5.56 Å². The highest BCUT2D eigenvalue weighted by molar-refractivity contribution is 5.93. The predicted molar refractivity (Wildman–Crippen MR) is 117 cm³/mol. The Morgan fingerprint density at radius 2 is 1.88 bits per heavy atom. The number of carbonyl (C=O) groups is 2. The molecule has 2 amide bonds. The quantitative estimate of drug-likeness (QED) is 0.688. The minimum atomic E-state index is -2.28. The van der Waals surface area contributed by atoms with Gasteiger partial charge in [-0.15, -0.1) is 0 Å². The number of carbonyl (C=O) groups excluding carboxylic acids is 2. The van der Waals surface area contributed by atoms with Gasteiger partial charge in [-0.3, -0.25) is 14.7 Å². The van der Waals surface area contributed by atoms with Crippen LogP contribution in [0.2, 0.25) is 0 Å². The number of methoxy groups -OCH3 is 1. The van der Waals surface area contributed by atoms with Gasteiger partial charge in [0.05, 0.1) is 12.8 Å². The Morgan fingerprint density at radius 3 is 2.55 bits per heavy atom. The Morgan fingerprint density at radius 1 is 1.15 bits per heavy atom. The highest BCUT2D eigenvalue weighted by atomic mass is 19.3. The Labute approximate surface area is 191 Å². The summed E-state index contributed by atoms with van der Waals surface area (Å²) in [5, 5.41) is 10.1. The fourth-order valence-electron chi connectivity index (χ4n) is 4.61. The maximum Gasteiger partial charge on any atom is 0.274 e. The molecule has 2 aromatic rings. The number of aromatic amines is 1. The van der Waals surface area contributed by atoms with Crippen molar-refractivity contribution in [1.82, 2.24) is 25.4 Å². The highest BCUT2D eigenvalue weighted by Crippen LogP contribution is 2.30. The van der Waals surface area contributed by atoms with Crippen molar-refractivity contribution in [1.29, 1.82) is 0 Å². The molecule has 2 fully saturated rings. The molecule has 2 N–H and O–H groups in total. The lowest BCUT2D eigenvalue weighted by Crippen LogP contribution is -2.46. The monoisotopic (exact) mass is 461 g/mol. The molecular formula is C23H29F2N5O3. The van der Waals surface area contributed by atoms with Gasteiger partial charge < -0.3 is 15.0 Å². The molecular weight excluding hydrogens is 432 g/mol. The third-order valence-electron chi connectivity index (χ3n) is 6.68. The van der Waals surface area contributed by atoms with Crippen LogP contribution < -0.4 is 10.1 Å². The molecule has 3 heterocycles. The number of hydrogen-bond donors (Lipinski definition) is 2. The summed E-state index contributed by atoms with van der Waals surface area (Å²) < 4.78 is 30.8. The third kappa shape index (κ3) is 5.48. The molecule has 1 saturated heterocycles. The minimum Gasteiger partial charge on any atom is -0.481 e. The summed E-state index contributed by atoms with van der Waals surface area (Å²) in [6.07, 6.45) is 2.59. The number of ether oxygens (including phenoxy) is 1. The molecule has 10 heteroatoms. The molecule has 2 aliphatic rings. The Kier molecular flexibility index (Phi) is 7.20. The standard InChI is InChI=1S/C23H29F2N5O3/c1-33-20-12-16(6-9-26-20)18-13-19(29-28-18)23(32)30-10-7-15(8-11-30)22(31)27-17-4-2-14(3-5-17)21(24)25/h6,9,12-15,17,21H,2-5,7-8,10-11H2,1H3,(H,27,31)(H,28,29)/t14-,17+. The van der Waals surface area contributed by atoms with Gasteiger partial charge in [0, 0.05) is 48.8 Å². The average Bonchev–Trinajstić information content (AvgIpc) is 3.34. The van der Waals surface area contributed by atoms with E-state index in [2.05, 4.69) is 20.5 Å². The van der Waals surface area contributed by atoms with Crippen LogP contribution in [0.5, 0.6) is 5.88 Å². The Hall–Kier alpha value is -3.04. The van der Waals surface area contributed by atoms with Crippen LogP contribution in [0.15, 0.2) is 24.4 Å². The van der Waals surface area contributed by atoms with Gasteiger partial charge in [-0.05, 0) is 50.7 Å². The SMILES string of the molecule is COc1cc(-c2cc(C(=O)N3CCC(C(=O)N[C@H]4CC[C@@H](C(F)F)CC4)CC3)n[nH]2)ccn1. The van der Waals surface area contributed by atoms with Gasteiger partial charge in [-0.25, -0.2) is 13.8 Å². The summed E-state index contributed by atoms with van der Waals surface area (Å²) in [5.74, 6) is -0.451. The van der Waals surface area contributed by atoms with Gasteiger partial charge in [-0.2, -0.15) is 5.10 Å². The first-order valence-electron chi connectivity index (χ1n) is 11.4. The number of alkyl halides is 2. The number of hydrogen-bond acceptors (Lipinski definition) is 5. The molecule has 0 atom stereocenters. The lowest BCUT2D eigenvalue weighted by atomic mass is 9.85. The van der Waals surface area contributed by atoms with Crippen molar-refractivity contribution in [2.75, 3.05) is 20.2 Å². The zero-order chi connectivity index (χ0) is 23.4. The predicted octanol–water partition coefficient (Wildman–Crippen LogP) is 3.27. The molecule has 1 aliphatic heterocycles. The Bertz CT molecular complexity index is 967. The van der Waals surface area contributed by atoms with E-state index in [1.54, 1.807) is 29.3 Å². The van der Waals surface area contributed by atoms with Crippen LogP contribution in [0, 0.1) is 11.8 Å². The number of pyridine rings is 1. The lowest BCUT2D eigenvalue weighted by Gasteiger charge is -2.33. The number of halogens is 2. The molecule has 0 spiro atoms. The van der Waals surface area contributed by atoms with E-state index < -0.39 is 12.3 Å². The number of piperidine rings is 1. The second-order valence-corrected chi connectivity index (χ2v) is 8.77. The Balaban J connectivity index is 1.27. The number of amides is 2. The minimum absolute atomic E-state index is 0.0264. The summed E-state index contributed by atoms with van der Waals surface area (Å²) >= 11 is 0. The number of aromatic nitrogens is 3. The summed E-state index contributed by atoms with van der Waals surface area (Å²) in [7, 11) is 1.54. The van der Waals surface area contributed by atoms with Gasteiger partial charge in [0.1, 0.15) is 0 Å². The van der Waals surface area contributed by atoms with Crippen molar-refractivity contribution in [2.45, 2.75) is 51.0 Å². The van der Waals surface area contributed by atoms with Crippen LogP contribution >= 0.6 is 0 Å². The largest absolute Gasteiger partial charge is 0.481 e. The van der Waals surface area contributed by atoms with Crippen LogP contribution in [0.3, 0.4) is 0 Å². The first-order chi connectivity index (χ1) is 15.9. The topological polar surface area (TPSA) is 100 Å². The second-order valence-electron chi connectivity index (χ2n) is 8.77. The van der Waals surface area contributed by atoms with Crippen molar-refractivity contribution in [3.8, 4) is 17.1 Å².